The number of alkyl halides is 3. The van der Waals surface area contributed by atoms with Crippen molar-refractivity contribution in [2.75, 3.05) is 12.3 Å². The van der Waals surface area contributed by atoms with Gasteiger partial charge in [-0.15, -0.1) is 0 Å². The van der Waals surface area contributed by atoms with Gasteiger partial charge < -0.3 is 10.6 Å². The van der Waals surface area contributed by atoms with Gasteiger partial charge in [0.05, 0.1) is 11.9 Å². The lowest BCUT2D eigenvalue weighted by Gasteiger charge is -2.29. The number of carbonyl (C=O) groups is 1. The van der Waals surface area contributed by atoms with Gasteiger partial charge in [0.2, 0.25) is 0 Å². The first-order valence-corrected chi connectivity index (χ1v) is 5.96. The van der Waals surface area contributed by atoms with Crippen LogP contribution in [0, 0.1) is 5.92 Å². The van der Waals surface area contributed by atoms with Crippen molar-refractivity contribution in [3.05, 3.63) is 11.9 Å². The molecule has 2 rings (SSSR count). The van der Waals surface area contributed by atoms with Crippen LogP contribution in [0.1, 0.15) is 30.3 Å². The third-order valence-electron chi connectivity index (χ3n) is 3.29. The number of rotatable bonds is 4. The highest BCUT2D eigenvalue weighted by atomic mass is 19.4. The van der Waals surface area contributed by atoms with E-state index in [9.17, 15) is 18.0 Å². The lowest BCUT2D eigenvalue weighted by molar-refractivity contribution is -0.144. The van der Waals surface area contributed by atoms with Gasteiger partial charge in [0.1, 0.15) is 12.2 Å². The van der Waals surface area contributed by atoms with Gasteiger partial charge in [0.25, 0.3) is 5.91 Å². The molecule has 1 amide bonds. The lowest BCUT2D eigenvalue weighted by atomic mass is 10.1. The van der Waals surface area contributed by atoms with Gasteiger partial charge in [-0.3, -0.25) is 9.89 Å². The van der Waals surface area contributed by atoms with Crippen molar-refractivity contribution in [3.63, 3.8) is 0 Å². The first-order valence-electron chi connectivity index (χ1n) is 5.96. The van der Waals surface area contributed by atoms with Gasteiger partial charge in [-0.1, -0.05) is 0 Å². The van der Waals surface area contributed by atoms with Gasteiger partial charge >= 0.3 is 6.18 Å². The van der Waals surface area contributed by atoms with Crippen molar-refractivity contribution in [2.24, 2.45) is 5.92 Å². The normalized spacial score (nSPS) is 17.3. The zero-order valence-corrected chi connectivity index (χ0v) is 10.4. The number of H-pyrrole nitrogens is 1. The zero-order valence-electron chi connectivity index (χ0n) is 10.4. The molecule has 5 nitrogen and oxygen atoms in total. The molecule has 1 fully saturated rings. The Bertz CT molecular complexity index is 467. The summed E-state index contributed by atoms with van der Waals surface area (Å²) in [4.78, 5) is 13.0. The fraction of sp³-hybridized carbons (Fsp3) is 0.636. The number of nitrogens with two attached hydrogens (primary N) is 1. The van der Waals surface area contributed by atoms with Crippen LogP contribution in [0.25, 0.3) is 0 Å². The number of anilines is 1. The molecular weight excluding hydrogens is 261 g/mol. The molecule has 1 unspecified atom stereocenters. The smallest absolute Gasteiger partial charge is 0.396 e. The molecule has 1 aliphatic carbocycles. The molecule has 1 aliphatic rings. The Morgan fingerprint density at radius 3 is 2.68 bits per heavy atom. The number of halogens is 3. The summed E-state index contributed by atoms with van der Waals surface area (Å²) in [7, 11) is 0. The molecule has 0 aromatic carbocycles. The summed E-state index contributed by atoms with van der Waals surface area (Å²) in [6.45, 7) is 0.357. The summed E-state index contributed by atoms with van der Waals surface area (Å²) in [5.41, 5.74) is 5.48. The van der Waals surface area contributed by atoms with E-state index in [1.54, 1.807) is 6.92 Å². The van der Waals surface area contributed by atoms with Crippen LogP contribution in [-0.2, 0) is 0 Å². The largest absolute Gasteiger partial charge is 0.406 e. The van der Waals surface area contributed by atoms with Crippen LogP contribution < -0.4 is 5.73 Å². The molecule has 1 aromatic heterocycles. The Morgan fingerprint density at radius 1 is 1.63 bits per heavy atom. The van der Waals surface area contributed by atoms with Gasteiger partial charge in [0, 0.05) is 6.04 Å². The van der Waals surface area contributed by atoms with Crippen molar-refractivity contribution < 1.29 is 18.0 Å². The molecule has 1 saturated carbocycles. The average Bonchev–Trinajstić information content (AvgIpc) is 3.06. The van der Waals surface area contributed by atoms with Crippen LogP contribution >= 0.6 is 0 Å². The fourth-order valence-electron chi connectivity index (χ4n) is 2.04. The molecular formula is C11H15F3N4O. The molecule has 1 heterocycles. The lowest BCUT2D eigenvalue weighted by Crippen LogP contribution is -2.45. The Morgan fingerprint density at radius 2 is 2.26 bits per heavy atom. The molecule has 0 bridgehead atoms. The second-order valence-corrected chi connectivity index (χ2v) is 4.83. The van der Waals surface area contributed by atoms with E-state index in [1.165, 1.54) is 6.20 Å². The Balaban J connectivity index is 2.21. The number of amides is 1. The number of carbonyl (C=O) groups excluding carboxylic acids is 1. The van der Waals surface area contributed by atoms with Crippen molar-refractivity contribution in [2.45, 2.75) is 32.0 Å². The Hall–Kier alpha value is -1.73. The van der Waals surface area contributed by atoms with E-state index < -0.39 is 24.7 Å². The number of aromatic nitrogens is 2. The van der Waals surface area contributed by atoms with Crippen molar-refractivity contribution >= 4 is 11.6 Å². The van der Waals surface area contributed by atoms with E-state index in [0.29, 0.717) is 0 Å². The topological polar surface area (TPSA) is 75.0 Å². The predicted molar refractivity (Wildman–Crippen MR) is 62.3 cm³/mol. The van der Waals surface area contributed by atoms with Crippen LogP contribution in [0.3, 0.4) is 0 Å². The van der Waals surface area contributed by atoms with Crippen molar-refractivity contribution in [1.29, 1.82) is 0 Å². The fourth-order valence-corrected chi connectivity index (χ4v) is 2.04. The van der Waals surface area contributed by atoms with E-state index in [1.807, 2.05) is 0 Å². The number of nitrogens with zero attached hydrogens (tertiary/aromatic N) is 2. The van der Waals surface area contributed by atoms with Crippen LogP contribution in [-0.4, -0.2) is 39.8 Å². The van der Waals surface area contributed by atoms with Gasteiger partial charge in [-0.05, 0) is 25.7 Å². The van der Waals surface area contributed by atoms with Crippen LogP contribution in [0.5, 0.6) is 0 Å². The molecule has 0 radical (unpaired) electrons. The predicted octanol–water partition coefficient (Wildman–Crippen LogP) is 1.79. The van der Waals surface area contributed by atoms with E-state index in [0.717, 1.165) is 17.7 Å². The minimum absolute atomic E-state index is 0.0557. The SMILES string of the molecule is CC(C1CC1)N(CC(F)(F)F)C(=O)c1[nH]ncc1N. The number of nitrogen functional groups attached to an aromatic ring is 1. The second-order valence-electron chi connectivity index (χ2n) is 4.83. The molecule has 106 valence electrons. The zero-order chi connectivity index (χ0) is 14.2. The Labute approximate surface area is 108 Å². The van der Waals surface area contributed by atoms with E-state index in [4.69, 9.17) is 5.73 Å². The third kappa shape index (κ3) is 3.18. The highest BCUT2D eigenvalue weighted by molar-refractivity contribution is 5.97. The first kappa shape index (κ1) is 13.7. The van der Waals surface area contributed by atoms with E-state index in [2.05, 4.69) is 10.2 Å². The number of aromatic amines is 1. The first-order chi connectivity index (χ1) is 8.79. The molecule has 3 N–H and O–H groups in total. The molecule has 0 spiro atoms. The van der Waals surface area contributed by atoms with Crippen LogP contribution in [0.2, 0.25) is 0 Å². The summed E-state index contributed by atoms with van der Waals surface area (Å²) < 4.78 is 37.8. The number of hydrogen-bond acceptors (Lipinski definition) is 3. The van der Waals surface area contributed by atoms with Gasteiger partial charge in [-0.2, -0.15) is 18.3 Å². The minimum Gasteiger partial charge on any atom is -0.396 e. The molecule has 1 aromatic rings. The monoisotopic (exact) mass is 276 g/mol. The molecule has 8 heteroatoms. The number of hydrogen-bond donors (Lipinski definition) is 2. The summed E-state index contributed by atoms with van der Waals surface area (Å²) in [6, 6.07) is -0.461. The van der Waals surface area contributed by atoms with Crippen LogP contribution in [0.4, 0.5) is 18.9 Å². The standard InChI is InChI=1S/C11H15F3N4O/c1-6(7-2-3-7)18(5-11(12,13)14)10(19)9-8(15)4-16-17-9/h4,6-7H,2-3,5,15H2,1H3,(H,16,17). The van der Waals surface area contributed by atoms with E-state index >= 15 is 0 Å². The third-order valence-corrected chi connectivity index (χ3v) is 3.29. The summed E-state index contributed by atoms with van der Waals surface area (Å²) in [6.07, 6.45) is -1.53. The quantitative estimate of drug-likeness (QED) is 0.880. The van der Waals surface area contributed by atoms with Crippen molar-refractivity contribution in [3.8, 4) is 0 Å². The summed E-state index contributed by atoms with van der Waals surface area (Å²) >= 11 is 0. The van der Waals surface area contributed by atoms with Gasteiger partial charge in [0.15, 0.2) is 0 Å². The molecule has 19 heavy (non-hydrogen) atoms. The molecule has 0 aliphatic heterocycles. The van der Waals surface area contributed by atoms with Crippen molar-refractivity contribution in [1.82, 2.24) is 15.1 Å². The maximum atomic E-state index is 12.6. The minimum atomic E-state index is -4.44. The summed E-state index contributed by atoms with van der Waals surface area (Å²) in [5, 5.41) is 5.91. The van der Waals surface area contributed by atoms with Gasteiger partial charge in [-0.25, -0.2) is 0 Å². The number of nitrogens with one attached hydrogen (secondary N) is 1. The highest BCUT2D eigenvalue weighted by Gasteiger charge is 2.41. The Kier molecular flexibility index (Phi) is 3.42. The summed E-state index contributed by atoms with van der Waals surface area (Å²) in [5.74, 6) is -0.623. The second kappa shape index (κ2) is 4.75. The highest BCUT2D eigenvalue weighted by Crippen LogP contribution is 2.36. The maximum Gasteiger partial charge on any atom is 0.406 e. The molecule has 1 atom stereocenters. The average molecular weight is 276 g/mol. The van der Waals surface area contributed by atoms with E-state index in [-0.39, 0.29) is 17.3 Å². The molecule has 0 saturated heterocycles. The maximum absolute atomic E-state index is 12.6. The van der Waals surface area contributed by atoms with Crippen LogP contribution in [0.15, 0.2) is 6.20 Å².